The Labute approximate surface area is 199 Å². The molecule has 176 valence electrons. The second kappa shape index (κ2) is 8.96. The third-order valence-electron chi connectivity index (χ3n) is 5.15. The molecule has 1 N–H and O–H groups in total. The molecule has 1 aliphatic rings. The first-order valence-corrected chi connectivity index (χ1v) is 12.3. The van der Waals surface area contributed by atoms with E-state index in [1.165, 1.54) is 17.7 Å². The number of amides is 1. The van der Waals surface area contributed by atoms with Crippen LogP contribution in [0.1, 0.15) is 38.8 Å². The van der Waals surface area contributed by atoms with Gasteiger partial charge in [0.05, 0.1) is 19.9 Å². The number of esters is 1. The molecule has 34 heavy (non-hydrogen) atoms. The Hall–Kier alpha value is -3.63. The van der Waals surface area contributed by atoms with Crippen molar-refractivity contribution in [3.05, 3.63) is 76.4 Å². The summed E-state index contributed by atoms with van der Waals surface area (Å²) in [7, 11) is -2.70. The number of Topliss-reactive ketones (excluding diaryl/α,β-unsaturated/α-hetero) is 1. The molecule has 2 aromatic heterocycles. The van der Waals surface area contributed by atoms with Crippen LogP contribution in [0.3, 0.4) is 0 Å². The Kier molecular flexibility index (Phi) is 6.20. The van der Waals surface area contributed by atoms with Gasteiger partial charge < -0.3 is 13.7 Å². The molecule has 0 saturated carbocycles. The molecule has 9 nitrogen and oxygen atoms in total. The Bertz CT molecular complexity index is 1510. The maximum absolute atomic E-state index is 13.3. The molecule has 1 aromatic carbocycles. The SMILES string of the molecule is COC(=O)c1ccc(Cn2c(C(=O)NS(C)(=O)=O)c(C3=CC=CCC3=O)c3cc(Cl)ccc32)o1. The van der Waals surface area contributed by atoms with Gasteiger partial charge in [-0.25, -0.2) is 17.9 Å². The van der Waals surface area contributed by atoms with Gasteiger partial charge in [0.1, 0.15) is 11.5 Å². The second-order valence-electron chi connectivity index (χ2n) is 7.57. The lowest BCUT2D eigenvalue weighted by Crippen LogP contribution is -2.32. The quantitative estimate of drug-likeness (QED) is 0.512. The van der Waals surface area contributed by atoms with Gasteiger partial charge in [-0.05, 0) is 30.3 Å². The highest BCUT2D eigenvalue weighted by Crippen LogP contribution is 2.36. The average Bonchev–Trinajstić information content (AvgIpc) is 3.35. The van der Waals surface area contributed by atoms with E-state index in [4.69, 9.17) is 16.0 Å². The van der Waals surface area contributed by atoms with Crippen molar-refractivity contribution in [2.45, 2.75) is 13.0 Å². The molecule has 0 radical (unpaired) electrons. The van der Waals surface area contributed by atoms with Gasteiger partial charge in [0.15, 0.2) is 5.78 Å². The lowest BCUT2D eigenvalue weighted by Gasteiger charge is -2.13. The van der Waals surface area contributed by atoms with Crippen LogP contribution in [0.4, 0.5) is 0 Å². The van der Waals surface area contributed by atoms with Crippen molar-refractivity contribution in [2.24, 2.45) is 0 Å². The van der Waals surface area contributed by atoms with E-state index in [2.05, 4.69) is 4.74 Å². The van der Waals surface area contributed by atoms with Gasteiger partial charge in [-0.15, -0.1) is 0 Å². The summed E-state index contributed by atoms with van der Waals surface area (Å²) in [4.78, 5) is 37.8. The van der Waals surface area contributed by atoms with Crippen LogP contribution in [0.2, 0.25) is 5.02 Å². The molecule has 1 aliphatic carbocycles. The van der Waals surface area contributed by atoms with E-state index >= 15 is 0 Å². The van der Waals surface area contributed by atoms with E-state index in [0.717, 1.165) is 6.26 Å². The van der Waals surface area contributed by atoms with Crippen molar-refractivity contribution >= 4 is 55.8 Å². The number of carbonyl (C=O) groups is 3. The minimum Gasteiger partial charge on any atom is -0.463 e. The van der Waals surface area contributed by atoms with Crippen molar-refractivity contribution in [3.63, 3.8) is 0 Å². The molecule has 1 amide bonds. The third kappa shape index (κ3) is 4.55. The van der Waals surface area contributed by atoms with Gasteiger partial charge in [0, 0.05) is 33.5 Å². The van der Waals surface area contributed by atoms with E-state index in [1.54, 1.807) is 42.5 Å². The number of furan rings is 1. The first kappa shape index (κ1) is 23.5. The zero-order chi connectivity index (χ0) is 24.6. The Morgan fingerprint density at radius 2 is 2.00 bits per heavy atom. The number of hydrogen-bond acceptors (Lipinski definition) is 7. The summed E-state index contributed by atoms with van der Waals surface area (Å²) < 4.78 is 37.5. The van der Waals surface area contributed by atoms with E-state index in [-0.39, 0.29) is 41.3 Å². The number of aromatic nitrogens is 1. The number of carbonyl (C=O) groups excluding carboxylic acids is 3. The summed E-state index contributed by atoms with van der Waals surface area (Å²) in [5, 5.41) is 0.854. The number of ether oxygens (including phenoxy) is 1. The van der Waals surface area contributed by atoms with Crippen LogP contribution in [0.5, 0.6) is 0 Å². The predicted molar refractivity (Wildman–Crippen MR) is 125 cm³/mol. The first-order chi connectivity index (χ1) is 16.1. The van der Waals surface area contributed by atoms with Gasteiger partial charge in [0.2, 0.25) is 15.8 Å². The first-order valence-electron chi connectivity index (χ1n) is 10.0. The maximum atomic E-state index is 13.3. The normalized spacial score (nSPS) is 13.7. The Morgan fingerprint density at radius 1 is 1.24 bits per heavy atom. The number of ketones is 1. The average molecular weight is 503 g/mol. The lowest BCUT2D eigenvalue weighted by molar-refractivity contribution is -0.113. The van der Waals surface area contributed by atoms with Crippen molar-refractivity contribution in [1.29, 1.82) is 0 Å². The van der Waals surface area contributed by atoms with Crippen molar-refractivity contribution in [3.8, 4) is 0 Å². The molecule has 0 fully saturated rings. The third-order valence-corrected chi connectivity index (χ3v) is 5.94. The van der Waals surface area contributed by atoms with Crippen molar-refractivity contribution in [2.75, 3.05) is 13.4 Å². The van der Waals surface area contributed by atoms with E-state index in [1.807, 2.05) is 4.72 Å². The smallest absolute Gasteiger partial charge is 0.373 e. The highest BCUT2D eigenvalue weighted by molar-refractivity contribution is 7.89. The number of hydrogen-bond donors (Lipinski definition) is 1. The van der Waals surface area contributed by atoms with Gasteiger partial charge in [0.25, 0.3) is 5.91 Å². The second-order valence-corrected chi connectivity index (χ2v) is 9.75. The van der Waals surface area contributed by atoms with Crippen LogP contribution >= 0.6 is 11.6 Å². The van der Waals surface area contributed by atoms with E-state index in [0.29, 0.717) is 21.7 Å². The number of sulfonamides is 1. The molecule has 3 aromatic rings. The molecule has 0 aliphatic heterocycles. The van der Waals surface area contributed by atoms with Gasteiger partial charge in [-0.1, -0.05) is 29.8 Å². The minimum atomic E-state index is -3.92. The number of allylic oxidation sites excluding steroid dienone is 4. The summed E-state index contributed by atoms with van der Waals surface area (Å²) >= 11 is 6.23. The molecule has 4 rings (SSSR count). The summed E-state index contributed by atoms with van der Waals surface area (Å²) in [6.07, 6.45) is 5.94. The number of nitrogens with zero attached hydrogens (tertiary/aromatic N) is 1. The van der Waals surface area contributed by atoms with Crippen LogP contribution in [0.25, 0.3) is 16.5 Å². The number of benzene rings is 1. The van der Waals surface area contributed by atoms with Crippen LogP contribution < -0.4 is 4.72 Å². The number of rotatable bonds is 6. The molecule has 0 spiro atoms. The molecule has 0 bridgehead atoms. The zero-order valence-corrected chi connectivity index (χ0v) is 19.7. The summed E-state index contributed by atoms with van der Waals surface area (Å²) in [6, 6.07) is 7.85. The topological polar surface area (TPSA) is 125 Å². The Balaban J connectivity index is 1.99. The monoisotopic (exact) mass is 502 g/mol. The maximum Gasteiger partial charge on any atom is 0.373 e. The largest absolute Gasteiger partial charge is 0.463 e. The summed E-state index contributed by atoms with van der Waals surface area (Å²) in [5.74, 6) is -1.56. The molecule has 0 saturated heterocycles. The predicted octanol–water partition coefficient (Wildman–Crippen LogP) is 3.32. The standard InChI is InChI=1S/C23H19ClN2O7S/c1-32-23(29)19-10-8-14(33-19)12-26-17-9-7-13(24)11-16(17)20(15-5-3-4-6-18(15)27)21(26)22(28)25-34(2,30)31/h3-5,7-11H,6,12H2,1-2H3,(H,25,28). The number of halogens is 1. The molecule has 0 unspecified atom stereocenters. The van der Waals surface area contributed by atoms with Crippen LogP contribution in [-0.2, 0) is 26.1 Å². The fourth-order valence-electron chi connectivity index (χ4n) is 3.81. The number of fused-ring (bicyclic) bond motifs is 1. The lowest BCUT2D eigenvalue weighted by atomic mass is 9.93. The molecular weight excluding hydrogens is 484 g/mol. The van der Waals surface area contributed by atoms with Crippen LogP contribution in [0.15, 0.2) is 53.0 Å². The van der Waals surface area contributed by atoms with Crippen LogP contribution in [-0.4, -0.2) is 44.0 Å². The zero-order valence-electron chi connectivity index (χ0n) is 18.1. The summed E-state index contributed by atoms with van der Waals surface area (Å²) in [6.45, 7) is -0.0427. The molecule has 2 heterocycles. The van der Waals surface area contributed by atoms with E-state index in [9.17, 15) is 22.8 Å². The van der Waals surface area contributed by atoms with Crippen molar-refractivity contribution in [1.82, 2.24) is 9.29 Å². The minimum absolute atomic E-state index is 0.0327. The van der Waals surface area contributed by atoms with E-state index < -0.39 is 21.9 Å². The van der Waals surface area contributed by atoms with Crippen LogP contribution in [0, 0.1) is 0 Å². The Morgan fingerprint density at radius 3 is 2.68 bits per heavy atom. The summed E-state index contributed by atoms with van der Waals surface area (Å²) in [5.41, 5.74) is 0.959. The fourth-order valence-corrected chi connectivity index (χ4v) is 4.42. The fraction of sp³-hybridized carbons (Fsp3) is 0.174. The van der Waals surface area contributed by atoms with Gasteiger partial charge >= 0.3 is 5.97 Å². The molecule has 0 atom stereocenters. The molecular formula is C23H19ClN2O7S. The van der Waals surface area contributed by atoms with Gasteiger partial charge in [-0.2, -0.15) is 0 Å². The molecule has 11 heteroatoms. The van der Waals surface area contributed by atoms with Crippen molar-refractivity contribution < 1.29 is 32.0 Å². The van der Waals surface area contributed by atoms with Gasteiger partial charge in [-0.3, -0.25) is 9.59 Å². The number of nitrogens with one attached hydrogen (secondary N) is 1. The highest BCUT2D eigenvalue weighted by Gasteiger charge is 2.30. The highest BCUT2D eigenvalue weighted by atomic mass is 35.5. The number of methoxy groups -OCH3 is 1.